The quantitative estimate of drug-likeness (QED) is 0.306. The van der Waals surface area contributed by atoms with E-state index in [1.165, 1.54) is 4.90 Å². The molecule has 6 nitrogen and oxygen atoms in total. The van der Waals surface area contributed by atoms with Crippen LogP contribution in [0.4, 0.5) is 0 Å². The van der Waals surface area contributed by atoms with E-state index in [-0.39, 0.29) is 11.3 Å². The van der Waals surface area contributed by atoms with Crippen molar-refractivity contribution in [2.24, 2.45) is 0 Å². The van der Waals surface area contributed by atoms with Crippen molar-refractivity contribution in [1.29, 1.82) is 0 Å². The van der Waals surface area contributed by atoms with Gasteiger partial charge in [0, 0.05) is 18.7 Å². The molecule has 0 aromatic heterocycles. The second kappa shape index (κ2) is 9.62. The van der Waals surface area contributed by atoms with E-state index in [9.17, 15) is 14.7 Å². The number of ether oxygens (including phenoxy) is 1. The Bertz CT molecular complexity index is 1010. The van der Waals surface area contributed by atoms with Crippen molar-refractivity contribution in [3.63, 3.8) is 0 Å². The fourth-order valence-corrected chi connectivity index (χ4v) is 3.56. The lowest BCUT2D eigenvalue weighted by Gasteiger charge is -2.27. The molecule has 1 aliphatic heterocycles. The summed E-state index contributed by atoms with van der Waals surface area (Å²) in [6, 6.07) is 13.8. The Labute approximate surface area is 183 Å². The number of aliphatic hydroxyl groups excluding tert-OH is 1. The summed E-state index contributed by atoms with van der Waals surface area (Å²) in [7, 11) is 3.81. The number of amides is 1. The van der Waals surface area contributed by atoms with Crippen LogP contribution in [0.15, 0.2) is 66.8 Å². The zero-order valence-electron chi connectivity index (χ0n) is 18.2. The second-order valence-corrected chi connectivity index (χ2v) is 7.83. The second-order valence-electron chi connectivity index (χ2n) is 7.83. The molecule has 1 unspecified atom stereocenters. The first-order valence-corrected chi connectivity index (χ1v) is 10.2. The van der Waals surface area contributed by atoms with Gasteiger partial charge in [0.05, 0.1) is 11.6 Å². The van der Waals surface area contributed by atoms with Crippen LogP contribution in [-0.4, -0.2) is 60.4 Å². The molecule has 1 fully saturated rings. The van der Waals surface area contributed by atoms with Gasteiger partial charge in [0.2, 0.25) is 0 Å². The van der Waals surface area contributed by atoms with E-state index in [2.05, 4.69) is 6.58 Å². The molecule has 2 aromatic rings. The molecule has 3 rings (SSSR count). The lowest BCUT2D eigenvalue weighted by Crippen LogP contribution is -2.35. The third-order valence-corrected chi connectivity index (χ3v) is 5.19. The van der Waals surface area contributed by atoms with Crippen LogP contribution in [0.3, 0.4) is 0 Å². The third-order valence-electron chi connectivity index (χ3n) is 5.19. The summed E-state index contributed by atoms with van der Waals surface area (Å²) in [5.41, 5.74) is 2.33. The standard InChI is InChI=1S/C25H28N2O4/c1-5-15-31-20-8-6-7-19(16-20)22-21(23(28)18-11-9-17(2)10-12-18)24(29)25(30)27(22)14-13-26(3)4/h5-12,16,22,28H,1,13-15H2,2-4H3/b23-21+. The molecule has 1 saturated heterocycles. The number of nitrogens with zero attached hydrogens (tertiary/aromatic N) is 2. The van der Waals surface area contributed by atoms with E-state index in [0.717, 1.165) is 5.56 Å². The molecule has 31 heavy (non-hydrogen) atoms. The molecule has 1 aliphatic rings. The van der Waals surface area contributed by atoms with Crippen molar-refractivity contribution in [2.45, 2.75) is 13.0 Å². The molecule has 1 amide bonds. The molecule has 0 bridgehead atoms. The number of rotatable bonds is 8. The number of benzene rings is 2. The van der Waals surface area contributed by atoms with Crippen molar-refractivity contribution in [2.75, 3.05) is 33.8 Å². The highest BCUT2D eigenvalue weighted by Gasteiger charge is 2.46. The maximum Gasteiger partial charge on any atom is 0.295 e. The molecule has 0 radical (unpaired) electrons. The van der Waals surface area contributed by atoms with Crippen molar-refractivity contribution in [3.8, 4) is 5.75 Å². The van der Waals surface area contributed by atoms with E-state index in [0.29, 0.717) is 36.6 Å². The summed E-state index contributed by atoms with van der Waals surface area (Å²) >= 11 is 0. The zero-order valence-corrected chi connectivity index (χ0v) is 18.2. The Morgan fingerprint density at radius 3 is 2.55 bits per heavy atom. The maximum atomic E-state index is 13.0. The van der Waals surface area contributed by atoms with Crippen LogP contribution in [0, 0.1) is 6.92 Å². The molecule has 6 heteroatoms. The first kappa shape index (κ1) is 22.3. The number of hydrogen-bond donors (Lipinski definition) is 1. The van der Waals surface area contributed by atoms with Crippen LogP contribution in [-0.2, 0) is 9.59 Å². The fraction of sp³-hybridized carbons (Fsp3) is 0.280. The van der Waals surface area contributed by atoms with Gasteiger partial charge in [-0.05, 0) is 38.7 Å². The number of hydrogen-bond acceptors (Lipinski definition) is 5. The van der Waals surface area contributed by atoms with Gasteiger partial charge in [-0.3, -0.25) is 9.59 Å². The van der Waals surface area contributed by atoms with Crippen LogP contribution in [0.5, 0.6) is 5.75 Å². The first-order chi connectivity index (χ1) is 14.8. The van der Waals surface area contributed by atoms with Gasteiger partial charge < -0.3 is 19.6 Å². The van der Waals surface area contributed by atoms with Gasteiger partial charge in [-0.1, -0.05) is 54.6 Å². The number of likely N-dealkylation sites (N-methyl/N-ethyl adjacent to an activating group) is 1. The van der Waals surface area contributed by atoms with E-state index >= 15 is 0 Å². The van der Waals surface area contributed by atoms with Gasteiger partial charge >= 0.3 is 0 Å². The van der Waals surface area contributed by atoms with Gasteiger partial charge in [-0.2, -0.15) is 0 Å². The number of aryl methyl sites for hydroxylation is 1. The summed E-state index contributed by atoms with van der Waals surface area (Å²) in [5.74, 6) is -0.865. The number of likely N-dealkylation sites (tertiary alicyclic amines) is 1. The molecular weight excluding hydrogens is 392 g/mol. The lowest BCUT2D eigenvalue weighted by molar-refractivity contribution is -0.140. The smallest absolute Gasteiger partial charge is 0.295 e. The molecule has 0 saturated carbocycles. The monoisotopic (exact) mass is 420 g/mol. The molecule has 1 atom stereocenters. The van der Waals surface area contributed by atoms with Crippen LogP contribution in [0.1, 0.15) is 22.7 Å². The van der Waals surface area contributed by atoms with Crippen LogP contribution in [0.2, 0.25) is 0 Å². The van der Waals surface area contributed by atoms with E-state index in [4.69, 9.17) is 4.74 Å². The molecule has 2 aromatic carbocycles. The van der Waals surface area contributed by atoms with E-state index < -0.39 is 17.7 Å². The molecular formula is C25H28N2O4. The summed E-state index contributed by atoms with van der Waals surface area (Å²) in [6.45, 7) is 6.88. The minimum Gasteiger partial charge on any atom is -0.507 e. The van der Waals surface area contributed by atoms with Crippen LogP contribution < -0.4 is 4.74 Å². The summed E-state index contributed by atoms with van der Waals surface area (Å²) in [5, 5.41) is 11.1. The van der Waals surface area contributed by atoms with Crippen molar-refractivity contribution in [1.82, 2.24) is 9.80 Å². The highest BCUT2D eigenvalue weighted by atomic mass is 16.5. The molecule has 1 heterocycles. The SMILES string of the molecule is C=CCOc1cccc(C2/C(=C(\O)c3ccc(C)cc3)C(=O)C(=O)N2CCN(C)C)c1. The largest absolute Gasteiger partial charge is 0.507 e. The normalized spacial score (nSPS) is 17.9. The highest BCUT2D eigenvalue weighted by molar-refractivity contribution is 6.46. The number of aliphatic hydroxyl groups is 1. The third kappa shape index (κ3) is 4.86. The number of carbonyl (C=O) groups excluding carboxylic acids is 2. The van der Waals surface area contributed by atoms with Crippen molar-refractivity contribution in [3.05, 3.63) is 83.4 Å². The summed E-state index contributed by atoms with van der Waals surface area (Å²) in [4.78, 5) is 29.4. The fourth-order valence-electron chi connectivity index (χ4n) is 3.56. The Morgan fingerprint density at radius 2 is 1.90 bits per heavy atom. The molecule has 1 N–H and O–H groups in total. The molecule has 0 spiro atoms. The lowest BCUT2D eigenvalue weighted by atomic mass is 9.95. The average Bonchev–Trinajstić information content (AvgIpc) is 3.01. The minimum absolute atomic E-state index is 0.0912. The first-order valence-electron chi connectivity index (χ1n) is 10.2. The topological polar surface area (TPSA) is 70.1 Å². The van der Waals surface area contributed by atoms with Crippen molar-refractivity contribution < 1.29 is 19.4 Å². The van der Waals surface area contributed by atoms with Gasteiger partial charge in [-0.25, -0.2) is 0 Å². The number of carbonyl (C=O) groups is 2. The van der Waals surface area contributed by atoms with E-state index in [1.807, 2.05) is 50.2 Å². The van der Waals surface area contributed by atoms with Crippen LogP contribution in [0.25, 0.3) is 5.76 Å². The molecule has 0 aliphatic carbocycles. The van der Waals surface area contributed by atoms with Gasteiger partial charge in [0.15, 0.2) is 0 Å². The van der Waals surface area contributed by atoms with Gasteiger partial charge in [-0.15, -0.1) is 0 Å². The van der Waals surface area contributed by atoms with Crippen molar-refractivity contribution >= 4 is 17.4 Å². The predicted octanol–water partition coefficient (Wildman–Crippen LogP) is 3.54. The Morgan fingerprint density at radius 1 is 1.19 bits per heavy atom. The zero-order chi connectivity index (χ0) is 22.5. The maximum absolute atomic E-state index is 13.0. The Hall–Kier alpha value is -3.38. The highest BCUT2D eigenvalue weighted by Crippen LogP contribution is 2.40. The average molecular weight is 421 g/mol. The van der Waals surface area contributed by atoms with Crippen LogP contribution >= 0.6 is 0 Å². The summed E-state index contributed by atoms with van der Waals surface area (Å²) < 4.78 is 5.64. The molecule has 162 valence electrons. The Kier molecular flexibility index (Phi) is 6.92. The summed E-state index contributed by atoms with van der Waals surface area (Å²) in [6.07, 6.45) is 1.65. The Balaban J connectivity index is 2.12. The number of ketones is 1. The van der Waals surface area contributed by atoms with Gasteiger partial charge in [0.1, 0.15) is 18.1 Å². The number of Topliss-reactive ketones (excluding diaryl/α,β-unsaturated/α-hetero) is 1. The van der Waals surface area contributed by atoms with Gasteiger partial charge in [0.25, 0.3) is 11.7 Å². The predicted molar refractivity (Wildman–Crippen MR) is 121 cm³/mol. The minimum atomic E-state index is -0.700. The van der Waals surface area contributed by atoms with E-state index in [1.54, 1.807) is 30.3 Å².